The molecule has 1 aromatic heterocycles. The van der Waals surface area contributed by atoms with Crippen molar-refractivity contribution in [2.45, 2.75) is 53.1 Å². The summed E-state index contributed by atoms with van der Waals surface area (Å²) in [6.07, 6.45) is 1.65. The predicted octanol–water partition coefficient (Wildman–Crippen LogP) is 2.16. The maximum atomic E-state index is 12.8. The first-order chi connectivity index (χ1) is 15.6. The standard InChI is InChI=1S/C25H39N5O3/c1-6-29-20-9-7-8-10-21(20)30(24(29)33)16-13-22(31)28-14-11-19(12-15-28)23(32)26-17-25(2,3)18-27(4)5/h7-10,19H,6,11-18H2,1-5H3,(H,26,32). The minimum absolute atomic E-state index is 0.00874. The first kappa shape index (κ1) is 25.0. The van der Waals surface area contributed by atoms with E-state index in [9.17, 15) is 14.4 Å². The second-order valence-corrected chi connectivity index (χ2v) is 10.2. The zero-order chi connectivity index (χ0) is 24.2. The number of fused-ring (bicyclic) bond motifs is 1. The van der Waals surface area contributed by atoms with Gasteiger partial charge in [0.25, 0.3) is 0 Å². The molecule has 0 atom stereocenters. The summed E-state index contributed by atoms with van der Waals surface area (Å²) < 4.78 is 3.44. The summed E-state index contributed by atoms with van der Waals surface area (Å²) in [5.74, 6) is 0.0865. The van der Waals surface area contributed by atoms with E-state index in [1.807, 2.05) is 50.2 Å². The van der Waals surface area contributed by atoms with Crippen LogP contribution in [0.4, 0.5) is 0 Å². The second kappa shape index (κ2) is 10.5. The lowest BCUT2D eigenvalue weighted by molar-refractivity contribution is -0.135. The third kappa shape index (κ3) is 6.05. The summed E-state index contributed by atoms with van der Waals surface area (Å²) in [4.78, 5) is 42.2. The van der Waals surface area contributed by atoms with Crippen LogP contribution in [-0.2, 0) is 22.7 Å². The van der Waals surface area contributed by atoms with E-state index in [4.69, 9.17) is 0 Å². The zero-order valence-corrected chi connectivity index (χ0v) is 20.8. The number of imidazole rings is 1. The van der Waals surface area contributed by atoms with Crippen molar-refractivity contribution >= 4 is 22.8 Å². The van der Waals surface area contributed by atoms with E-state index in [1.54, 1.807) is 9.13 Å². The molecule has 2 aromatic rings. The third-order valence-corrected chi connectivity index (χ3v) is 6.49. The molecule has 3 rings (SSSR count). The summed E-state index contributed by atoms with van der Waals surface area (Å²) in [5.41, 5.74) is 1.70. The largest absolute Gasteiger partial charge is 0.355 e. The van der Waals surface area contributed by atoms with E-state index in [0.717, 1.165) is 17.6 Å². The number of carbonyl (C=O) groups is 2. The fourth-order valence-electron chi connectivity index (χ4n) is 4.93. The summed E-state index contributed by atoms with van der Waals surface area (Å²) in [6.45, 7) is 9.94. The van der Waals surface area contributed by atoms with Gasteiger partial charge in [0, 0.05) is 51.6 Å². The Kier molecular flexibility index (Phi) is 8.00. The predicted molar refractivity (Wildman–Crippen MR) is 131 cm³/mol. The highest BCUT2D eigenvalue weighted by Gasteiger charge is 2.29. The normalized spacial score (nSPS) is 15.4. The molecule has 8 nitrogen and oxygen atoms in total. The van der Waals surface area contributed by atoms with Crippen molar-refractivity contribution in [3.63, 3.8) is 0 Å². The molecular weight excluding hydrogens is 418 g/mol. The highest BCUT2D eigenvalue weighted by Crippen LogP contribution is 2.20. The van der Waals surface area contributed by atoms with E-state index in [-0.39, 0.29) is 35.3 Å². The fraction of sp³-hybridized carbons (Fsp3) is 0.640. The third-order valence-electron chi connectivity index (χ3n) is 6.49. The number of carbonyl (C=O) groups excluding carboxylic acids is 2. The van der Waals surface area contributed by atoms with Crippen LogP contribution in [0.15, 0.2) is 29.1 Å². The maximum absolute atomic E-state index is 12.8. The van der Waals surface area contributed by atoms with Crippen LogP contribution in [0.1, 0.15) is 40.0 Å². The lowest BCUT2D eigenvalue weighted by Crippen LogP contribution is -2.46. The summed E-state index contributed by atoms with van der Waals surface area (Å²) >= 11 is 0. The van der Waals surface area contributed by atoms with Crippen LogP contribution >= 0.6 is 0 Å². The van der Waals surface area contributed by atoms with Crippen molar-refractivity contribution < 1.29 is 9.59 Å². The Morgan fingerprint density at radius 3 is 2.27 bits per heavy atom. The van der Waals surface area contributed by atoms with Gasteiger partial charge in [0.05, 0.1) is 11.0 Å². The quantitative estimate of drug-likeness (QED) is 0.626. The average Bonchev–Trinajstić information content (AvgIpc) is 3.05. The van der Waals surface area contributed by atoms with E-state index in [0.29, 0.717) is 45.6 Å². The molecule has 8 heteroatoms. The first-order valence-corrected chi connectivity index (χ1v) is 12.0. The van der Waals surface area contributed by atoms with Gasteiger partial charge in [-0.1, -0.05) is 26.0 Å². The number of likely N-dealkylation sites (tertiary alicyclic amines) is 1. The molecular formula is C25H39N5O3. The van der Waals surface area contributed by atoms with E-state index in [1.165, 1.54) is 0 Å². The van der Waals surface area contributed by atoms with Gasteiger partial charge in [-0.05, 0) is 51.4 Å². The monoisotopic (exact) mass is 457 g/mol. The molecule has 1 fully saturated rings. The number of hydrogen-bond acceptors (Lipinski definition) is 4. The molecule has 1 aliphatic heterocycles. The number of nitrogens with zero attached hydrogens (tertiary/aromatic N) is 4. The second-order valence-electron chi connectivity index (χ2n) is 10.2. The van der Waals surface area contributed by atoms with Crippen molar-refractivity contribution in [3.05, 3.63) is 34.7 Å². The van der Waals surface area contributed by atoms with Crippen LogP contribution in [0.25, 0.3) is 11.0 Å². The number of nitrogens with one attached hydrogen (secondary N) is 1. The molecule has 2 heterocycles. The molecule has 1 aromatic carbocycles. The molecule has 0 unspecified atom stereocenters. The molecule has 33 heavy (non-hydrogen) atoms. The Bertz CT molecular complexity index is 1030. The van der Waals surface area contributed by atoms with Crippen molar-refractivity contribution in [1.29, 1.82) is 0 Å². The highest BCUT2D eigenvalue weighted by molar-refractivity contribution is 5.80. The minimum atomic E-state index is -0.0703. The summed E-state index contributed by atoms with van der Waals surface area (Å²) in [5, 5.41) is 3.11. The molecule has 0 spiro atoms. The van der Waals surface area contributed by atoms with E-state index >= 15 is 0 Å². The smallest absolute Gasteiger partial charge is 0.329 e. The number of aryl methyl sites for hydroxylation is 2. The van der Waals surface area contributed by atoms with E-state index in [2.05, 4.69) is 24.1 Å². The number of amides is 2. The van der Waals surface area contributed by atoms with Crippen molar-refractivity contribution in [2.75, 3.05) is 40.3 Å². The van der Waals surface area contributed by atoms with E-state index < -0.39 is 0 Å². The first-order valence-electron chi connectivity index (χ1n) is 12.0. The zero-order valence-electron chi connectivity index (χ0n) is 20.8. The van der Waals surface area contributed by atoms with Crippen molar-refractivity contribution in [3.8, 4) is 0 Å². The number of rotatable bonds is 9. The number of hydrogen-bond donors (Lipinski definition) is 1. The Hall–Kier alpha value is -2.61. The van der Waals surface area contributed by atoms with Crippen LogP contribution in [-0.4, -0.2) is 71.0 Å². The Balaban J connectivity index is 1.50. The van der Waals surface area contributed by atoms with Crippen molar-refractivity contribution in [2.24, 2.45) is 11.3 Å². The van der Waals surface area contributed by atoms with Gasteiger partial charge in [0.2, 0.25) is 11.8 Å². The Morgan fingerprint density at radius 1 is 1.09 bits per heavy atom. The molecule has 0 aliphatic carbocycles. The van der Waals surface area contributed by atoms with Crippen LogP contribution in [0, 0.1) is 11.3 Å². The Labute approximate surface area is 196 Å². The van der Waals surface area contributed by atoms with Gasteiger partial charge in [-0.2, -0.15) is 0 Å². The molecule has 1 N–H and O–H groups in total. The number of para-hydroxylation sites is 2. The highest BCUT2D eigenvalue weighted by atomic mass is 16.2. The van der Waals surface area contributed by atoms with Crippen LogP contribution in [0.3, 0.4) is 0 Å². The molecule has 1 aliphatic rings. The van der Waals surface area contributed by atoms with Gasteiger partial charge in [-0.25, -0.2) is 4.79 Å². The average molecular weight is 458 g/mol. The van der Waals surface area contributed by atoms with Gasteiger partial charge in [-0.15, -0.1) is 0 Å². The van der Waals surface area contributed by atoms with Crippen molar-refractivity contribution in [1.82, 2.24) is 24.3 Å². The topological polar surface area (TPSA) is 79.6 Å². The minimum Gasteiger partial charge on any atom is -0.355 e. The molecule has 182 valence electrons. The molecule has 0 bridgehead atoms. The molecule has 1 saturated heterocycles. The molecule has 2 amide bonds. The van der Waals surface area contributed by atoms with Gasteiger partial charge in [0.1, 0.15) is 0 Å². The van der Waals surface area contributed by atoms with Gasteiger partial charge in [0.15, 0.2) is 0 Å². The Morgan fingerprint density at radius 2 is 1.70 bits per heavy atom. The number of piperidine rings is 1. The van der Waals surface area contributed by atoms with Gasteiger partial charge >= 0.3 is 5.69 Å². The number of aromatic nitrogens is 2. The maximum Gasteiger partial charge on any atom is 0.329 e. The number of benzene rings is 1. The summed E-state index contributed by atoms with van der Waals surface area (Å²) in [7, 11) is 4.07. The fourth-order valence-corrected chi connectivity index (χ4v) is 4.93. The van der Waals surface area contributed by atoms with Crippen LogP contribution < -0.4 is 11.0 Å². The summed E-state index contributed by atoms with van der Waals surface area (Å²) in [6, 6.07) is 7.71. The lowest BCUT2D eigenvalue weighted by atomic mass is 9.91. The molecule has 0 saturated carbocycles. The van der Waals surface area contributed by atoms with Crippen LogP contribution in [0.5, 0.6) is 0 Å². The lowest BCUT2D eigenvalue weighted by Gasteiger charge is -2.33. The van der Waals surface area contributed by atoms with Gasteiger partial charge in [-0.3, -0.25) is 18.7 Å². The SMILES string of the molecule is CCn1c(=O)n(CCC(=O)N2CCC(C(=O)NCC(C)(C)CN(C)C)CC2)c2ccccc21. The van der Waals surface area contributed by atoms with Crippen LogP contribution in [0.2, 0.25) is 0 Å². The van der Waals surface area contributed by atoms with Gasteiger partial charge < -0.3 is 15.1 Å². The molecule has 0 radical (unpaired) electrons.